The molecule has 0 radical (unpaired) electrons. The Kier molecular flexibility index (Phi) is 6.20. The van der Waals surface area contributed by atoms with E-state index in [4.69, 9.17) is 9.72 Å². The maximum absolute atomic E-state index is 16.4. The molecule has 5 heterocycles. The van der Waals surface area contributed by atoms with E-state index in [1.165, 1.54) is 6.42 Å². The normalized spacial score (nSPS) is 23.2. The molecule has 7 rings (SSSR count). The number of aromatic nitrogens is 3. The van der Waals surface area contributed by atoms with Crippen LogP contribution < -0.4 is 15.0 Å². The van der Waals surface area contributed by atoms with Gasteiger partial charge in [-0.25, -0.2) is 4.39 Å². The van der Waals surface area contributed by atoms with Crippen LogP contribution in [0.2, 0.25) is 0 Å². The van der Waals surface area contributed by atoms with Gasteiger partial charge in [0.1, 0.15) is 22.8 Å². The average molecular weight is 529 g/mol. The van der Waals surface area contributed by atoms with E-state index in [0.29, 0.717) is 41.5 Å². The molecule has 9 heteroatoms. The summed E-state index contributed by atoms with van der Waals surface area (Å²) in [6.45, 7) is 3.19. The van der Waals surface area contributed by atoms with Gasteiger partial charge in [-0.2, -0.15) is 9.97 Å². The zero-order valence-electron chi connectivity index (χ0n) is 22.1. The lowest BCUT2D eigenvalue weighted by atomic mass is 10.0. The minimum Gasteiger partial charge on any atom is -0.508 e. The molecule has 202 valence electrons. The molecule has 0 saturated carbocycles. The average Bonchev–Trinajstić information content (AvgIpc) is 3.51. The molecule has 2 bridgehead atoms. The number of anilines is 1. The van der Waals surface area contributed by atoms with Gasteiger partial charge in [-0.3, -0.25) is 4.98 Å². The van der Waals surface area contributed by atoms with Gasteiger partial charge in [-0.1, -0.05) is 24.3 Å². The van der Waals surface area contributed by atoms with Crippen molar-refractivity contribution >= 4 is 27.5 Å². The van der Waals surface area contributed by atoms with Gasteiger partial charge in [0.2, 0.25) is 0 Å². The molecule has 2 aromatic carbocycles. The number of hydrogen-bond acceptors (Lipinski definition) is 8. The van der Waals surface area contributed by atoms with Gasteiger partial charge in [0.15, 0.2) is 5.82 Å². The van der Waals surface area contributed by atoms with Crippen LogP contribution in [0.5, 0.6) is 11.8 Å². The Labute approximate surface area is 226 Å². The van der Waals surface area contributed by atoms with Crippen LogP contribution in [0.1, 0.15) is 32.1 Å². The molecule has 8 nitrogen and oxygen atoms in total. The summed E-state index contributed by atoms with van der Waals surface area (Å²) in [6, 6.07) is 12.3. The van der Waals surface area contributed by atoms with Crippen molar-refractivity contribution in [3.05, 3.63) is 48.4 Å². The van der Waals surface area contributed by atoms with E-state index in [-0.39, 0.29) is 23.0 Å². The van der Waals surface area contributed by atoms with Gasteiger partial charge in [-0.05, 0) is 68.6 Å². The third kappa shape index (κ3) is 4.53. The van der Waals surface area contributed by atoms with Crippen molar-refractivity contribution in [2.45, 2.75) is 50.2 Å². The maximum atomic E-state index is 16.4. The second-order valence-corrected chi connectivity index (χ2v) is 11.2. The fourth-order valence-electron chi connectivity index (χ4n) is 6.61. The van der Waals surface area contributed by atoms with Gasteiger partial charge in [-0.15, -0.1) is 0 Å². The summed E-state index contributed by atoms with van der Waals surface area (Å²) in [6.07, 6.45) is 7.17. The van der Waals surface area contributed by atoms with Crippen LogP contribution in [0.4, 0.5) is 10.2 Å². The number of ether oxygens (including phenoxy) is 1. The van der Waals surface area contributed by atoms with E-state index in [2.05, 4.69) is 32.1 Å². The van der Waals surface area contributed by atoms with Crippen LogP contribution in [0.15, 0.2) is 42.6 Å². The molecule has 2 unspecified atom stereocenters. The van der Waals surface area contributed by atoms with Gasteiger partial charge in [0.25, 0.3) is 0 Å². The Bertz CT molecular complexity index is 1540. The number of phenolic OH excluding ortho intramolecular Hbond substituents is 1. The number of benzene rings is 2. The molecule has 2 aromatic heterocycles. The van der Waals surface area contributed by atoms with Crippen LogP contribution in [0.25, 0.3) is 32.9 Å². The van der Waals surface area contributed by atoms with E-state index in [1.807, 2.05) is 24.3 Å². The summed E-state index contributed by atoms with van der Waals surface area (Å²) in [4.78, 5) is 18.6. The monoisotopic (exact) mass is 528 g/mol. The first-order chi connectivity index (χ1) is 19.0. The summed E-state index contributed by atoms with van der Waals surface area (Å²) >= 11 is 0. The highest BCUT2D eigenvalue weighted by Gasteiger charge is 2.34. The van der Waals surface area contributed by atoms with Crippen molar-refractivity contribution < 1.29 is 14.2 Å². The number of nitrogens with zero attached hydrogens (tertiary/aromatic N) is 5. The molecular weight excluding hydrogens is 495 g/mol. The number of phenols is 1. The minimum absolute atomic E-state index is 0.0607. The Morgan fingerprint density at radius 2 is 1.90 bits per heavy atom. The largest absolute Gasteiger partial charge is 0.508 e. The molecule has 0 spiro atoms. The Hall–Kier alpha value is -3.56. The smallest absolute Gasteiger partial charge is 0.319 e. The molecule has 39 heavy (non-hydrogen) atoms. The van der Waals surface area contributed by atoms with E-state index < -0.39 is 5.82 Å². The summed E-state index contributed by atoms with van der Waals surface area (Å²) in [5.74, 6) is 0.195. The predicted molar refractivity (Wildman–Crippen MR) is 150 cm³/mol. The molecule has 3 aliphatic heterocycles. The van der Waals surface area contributed by atoms with Crippen molar-refractivity contribution in [3.63, 3.8) is 0 Å². The van der Waals surface area contributed by atoms with E-state index in [0.717, 1.165) is 56.1 Å². The lowest BCUT2D eigenvalue weighted by molar-refractivity contribution is 0.223. The fraction of sp³-hybridized carbons (Fsp3) is 0.433. The quantitative estimate of drug-likeness (QED) is 0.379. The Morgan fingerprint density at radius 1 is 1.08 bits per heavy atom. The summed E-state index contributed by atoms with van der Waals surface area (Å²) in [5.41, 5.74) is 0.867. The second-order valence-electron chi connectivity index (χ2n) is 11.2. The molecule has 3 saturated heterocycles. The van der Waals surface area contributed by atoms with E-state index in [9.17, 15) is 5.11 Å². The van der Waals surface area contributed by atoms with Gasteiger partial charge in [0.05, 0.1) is 12.0 Å². The molecule has 3 aliphatic rings. The van der Waals surface area contributed by atoms with Crippen LogP contribution in [0, 0.1) is 5.82 Å². The number of pyridine rings is 1. The van der Waals surface area contributed by atoms with Crippen molar-refractivity contribution in [1.82, 2.24) is 25.2 Å². The summed E-state index contributed by atoms with van der Waals surface area (Å²) < 4.78 is 22.5. The third-order valence-electron chi connectivity index (χ3n) is 8.62. The van der Waals surface area contributed by atoms with E-state index in [1.54, 1.807) is 18.3 Å². The lowest BCUT2D eigenvalue weighted by Crippen LogP contribution is -2.51. The molecule has 3 fully saturated rings. The van der Waals surface area contributed by atoms with Gasteiger partial charge < -0.3 is 25.0 Å². The number of fused-ring (bicyclic) bond motifs is 4. The number of nitrogens with one attached hydrogen (secondary N) is 1. The zero-order chi connectivity index (χ0) is 26.5. The van der Waals surface area contributed by atoms with Crippen molar-refractivity contribution in [2.75, 3.05) is 38.2 Å². The predicted octanol–water partition coefficient (Wildman–Crippen LogP) is 4.49. The molecule has 3 atom stereocenters. The topological polar surface area (TPSA) is 86.6 Å². The molecule has 0 amide bonds. The first-order valence-electron chi connectivity index (χ1n) is 14.0. The standard InChI is InChI=1S/C30H33FN6O2/c1-36-11-4-6-21(36)10-12-39-30-34-28-25(29(35-30)37-16-19-8-9-20(17-37)33-19)15-32-27(26(28)31)24-14-22(38)13-18-5-2-3-7-23(18)24/h2-3,5,7,13-15,19-21,33,38H,4,6,8-12,16-17H2,1H3/t19?,20?,21-/m0/s1. The number of aromatic hydroxyl groups is 1. The van der Waals surface area contributed by atoms with Crippen molar-refractivity contribution in [3.8, 4) is 23.0 Å². The van der Waals surface area contributed by atoms with Gasteiger partial charge in [0, 0.05) is 43.0 Å². The van der Waals surface area contributed by atoms with E-state index >= 15 is 4.39 Å². The molecule has 0 aliphatic carbocycles. The SMILES string of the molecule is CN1CCC[C@H]1CCOc1nc(N2CC3CCC(C2)N3)c2cnc(-c3cc(O)cc4ccccc34)c(F)c2n1. The maximum Gasteiger partial charge on any atom is 0.319 e. The summed E-state index contributed by atoms with van der Waals surface area (Å²) in [7, 11) is 2.15. The highest BCUT2D eigenvalue weighted by atomic mass is 19.1. The first kappa shape index (κ1) is 24.5. The number of hydrogen-bond donors (Lipinski definition) is 2. The fourth-order valence-corrected chi connectivity index (χ4v) is 6.61. The summed E-state index contributed by atoms with van der Waals surface area (Å²) in [5, 5.41) is 16.2. The second kappa shape index (κ2) is 9.88. The lowest BCUT2D eigenvalue weighted by Gasteiger charge is -2.34. The van der Waals surface area contributed by atoms with Gasteiger partial charge >= 0.3 is 6.01 Å². The molecule has 2 N–H and O–H groups in total. The molecular formula is C30H33FN6O2. The first-order valence-corrected chi connectivity index (χ1v) is 14.0. The zero-order valence-corrected chi connectivity index (χ0v) is 22.1. The van der Waals surface area contributed by atoms with Crippen LogP contribution in [0.3, 0.4) is 0 Å². The minimum atomic E-state index is -0.537. The van der Waals surface area contributed by atoms with Crippen LogP contribution >= 0.6 is 0 Å². The molecule has 4 aromatic rings. The third-order valence-corrected chi connectivity index (χ3v) is 8.62. The van der Waals surface area contributed by atoms with Crippen molar-refractivity contribution in [1.29, 1.82) is 0 Å². The highest BCUT2D eigenvalue weighted by molar-refractivity contribution is 5.99. The Morgan fingerprint density at radius 3 is 2.69 bits per heavy atom. The van der Waals surface area contributed by atoms with Crippen LogP contribution in [-0.2, 0) is 0 Å². The van der Waals surface area contributed by atoms with Crippen LogP contribution in [-0.4, -0.2) is 76.4 Å². The number of likely N-dealkylation sites (tertiary alicyclic amines) is 1. The van der Waals surface area contributed by atoms with Crippen molar-refractivity contribution in [2.24, 2.45) is 0 Å². The number of rotatable bonds is 6. The number of piperazine rings is 1. The Balaban J connectivity index is 1.31. The highest BCUT2D eigenvalue weighted by Crippen LogP contribution is 2.37. The number of halogens is 1.